The molecule has 1 atom stereocenters. The van der Waals surface area contributed by atoms with Crippen LogP contribution in [0.15, 0.2) is 12.4 Å². The zero-order valence-electron chi connectivity index (χ0n) is 9.01. The summed E-state index contributed by atoms with van der Waals surface area (Å²) in [4.78, 5) is 11.1. The largest absolute Gasteiger partial charge is 0.464 e. The molecule has 0 spiro atoms. The summed E-state index contributed by atoms with van der Waals surface area (Å²) in [5.74, 6) is -0.582. The first-order valence-electron chi connectivity index (χ1n) is 5.03. The molecular weight excluding hydrogens is 196 g/mol. The second-order valence-corrected chi connectivity index (χ2v) is 3.18. The number of nitrogens with zero attached hydrogens (tertiary/aromatic N) is 2. The average Bonchev–Trinajstić information content (AvgIpc) is 2.66. The Labute approximate surface area is 88.7 Å². The summed E-state index contributed by atoms with van der Waals surface area (Å²) in [6.45, 7) is 4.73. The van der Waals surface area contributed by atoms with Crippen molar-refractivity contribution in [3.8, 4) is 0 Å². The molecule has 15 heavy (non-hydrogen) atoms. The van der Waals surface area contributed by atoms with Gasteiger partial charge >= 0.3 is 5.97 Å². The van der Waals surface area contributed by atoms with Crippen molar-refractivity contribution in [2.45, 2.75) is 32.9 Å². The second kappa shape index (κ2) is 5.50. The zero-order chi connectivity index (χ0) is 11.3. The molecule has 84 valence electrons. The van der Waals surface area contributed by atoms with Gasteiger partial charge < -0.3 is 9.84 Å². The molecule has 0 fully saturated rings. The number of rotatable bonds is 5. The molecule has 0 saturated carbocycles. The van der Waals surface area contributed by atoms with Gasteiger partial charge in [0.05, 0.1) is 12.8 Å². The van der Waals surface area contributed by atoms with Gasteiger partial charge in [0.2, 0.25) is 0 Å². The van der Waals surface area contributed by atoms with Gasteiger partial charge in [-0.25, -0.2) is 4.79 Å². The van der Waals surface area contributed by atoms with Crippen LogP contribution < -0.4 is 0 Å². The summed E-state index contributed by atoms with van der Waals surface area (Å²) in [5.41, 5.74) is 0.831. The smallest absolute Gasteiger partial charge is 0.335 e. The van der Waals surface area contributed by atoms with Crippen molar-refractivity contribution in [3.05, 3.63) is 18.0 Å². The van der Waals surface area contributed by atoms with Crippen molar-refractivity contribution in [1.82, 2.24) is 9.78 Å². The standard InChI is InChI=1S/C10H16N2O3/c1-3-12-7-8(6-11-12)5-9(13)10(14)15-4-2/h6-7,9,13H,3-5H2,1-2H3. The first-order valence-corrected chi connectivity index (χ1v) is 5.03. The lowest BCUT2D eigenvalue weighted by atomic mass is 10.1. The van der Waals surface area contributed by atoms with Crippen LogP contribution in [0.2, 0.25) is 0 Å². The third-order valence-electron chi connectivity index (χ3n) is 2.00. The van der Waals surface area contributed by atoms with Crippen molar-refractivity contribution in [3.63, 3.8) is 0 Å². The number of carbonyl (C=O) groups excluding carboxylic acids is 1. The molecule has 0 aromatic carbocycles. The first-order chi connectivity index (χ1) is 7.17. The quantitative estimate of drug-likeness (QED) is 0.716. The van der Waals surface area contributed by atoms with Crippen LogP contribution in [0.5, 0.6) is 0 Å². The molecule has 0 bridgehead atoms. The molecule has 1 unspecified atom stereocenters. The van der Waals surface area contributed by atoms with Crippen molar-refractivity contribution < 1.29 is 14.6 Å². The number of esters is 1. The average molecular weight is 212 g/mol. The maximum Gasteiger partial charge on any atom is 0.335 e. The van der Waals surface area contributed by atoms with Gasteiger partial charge in [-0.05, 0) is 19.4 Å². The molecular formula is C10H16N2O3. The Morgan fingerprint density at radius 1 is 1.67 bits per heavy atom. The molecule has 0 aliphatic carbocycles. The van der Waals surface area contributed by atoms with Crippen molar-refractivity contribution in [2.75, 3.05) is 6.61 Å². The summed E-state index contributed by atoms with van der Waals surface area (Å²) in [6.07, 6.45) is 2.60. The lowest BCUT2D eigenvalue weighted by Gasteiger charge is -2.07. The number of aryl methyl sites for hydroxylation is 1. The summed E-state index contributed by atoms with van der Waals surface area (Å²) < 4.78 is 6.44. The minimum atomic E-state index is -1.10. The molecule has 1 rings (SSSR count). The predicted molar refractivity (Wildman–Crippen MR) is 54.2 cm³/mol. The number of aromatic nitrogens is 2. The van der Waals surface area contributed by atoms with Gasteiger partial charge in [0.15, 0.2) is 6.10 Å². The fourth-order valence-electron chi connectivity index (χ4n) is 1.23. The van der Waals surface area contributed by atoms with E-state index in [2.05, 4.69) is 5.10 Å². The molecule has 0 saturated heterocycles. The van der Waals surface area contributed by atoms with E-state index in [4.69, 9.17) is 4.74 Å². The van der Waals surface area contributed by atoms with Crippen LogP contribution in [0.25, 0.3) is 0 Å². The van der Waals surface area contributed by atoms with E-state index in [0.29, 0.717) is 0 Å². The van der Waals surface area contributed by atoms with Crippen LogP contribution in [0, 0.1) is 0 Å². The molecule has 0 radical (unpaired) electrons. The van der Waals surface area contributed by atoms with Gasteiger partial charge in [0, 0.05) is 19.2 Å². The SMILES string of the molecule is CCOC(=O)C(O)Cc1cnn(CC)c1. The van der Waals surface area contributed by atoms with E-state index in [9.17, 15) is 9.90 Å². The number of hydrogen-bond acceptors (Lipinski definition) is 4. The Balaban J connectivity index is 2.50. The molecule has 5 heteroatoms. The maximum absolute atomic E-state index is 11.1. The van der Waals surface area contributed by atoms with Crippen LogP contribution in [-0.2, 0) is 22.5 Å². The fraction of sp³-hybridized carbons (Fsp3) is 0.600. The first kappa shape index (κ1) is 11.7. The predicted octanol–water partition coefficient (Wildman–Crippen LogP) is 0.369. The molecule has 0 aliphatic rings. The van der Waals surface area contributed by atoms with Gasteiger partial charge in [-0.1, -0.05) is 0 Å². The van der Waals surface area contributed by atoms with E-state index in [1.54, 1.807) is 17.8 Å². The third kappa shape index (κ3) is 3.36. The highest BCUT2D eigenvalue weighted by Crippen LogP contribution is 2.03. The molecule has 1 aromatic heterocycles. The van der Waals surface area contributed by atoms with Crippen LogP contribution in [0.3, 0.4) is 0 Å². The van der Waals surface area contributed by atoms with Gasteiger partial charge in [-0.15, -0.1) is 0 Å². The van der Waals surface area contributed by atoms with Crippen LogP contribution >= 0.6 is 0 Å². The monoisotopic (exact) mass is 212 g/mol. The van der Waals surface area contributed by atoms with Crippen LogP contribution in [0.4, 0.5) is 0 Å². The number of ether oxygens (including phenoxy) is 1. The maximum atomic E-state index is 11.1. The summed E-state index contributed by atoms with van der Waals surface area (Å²) in [7, 11) is 0. The lowest BCUT2D eigenvalue weighted by Crippen LogP contribution is -2.25. The van der Waals surface area contributed by atoms with Crippen molar-refractivity contribution in [1.29, 1.82) is 0 Å². The van der Waals surface area contributed by atoms with Gasteiger partial charge in [-0.2, -0.15) is 5.10 Å². The van der Waals surface area contributed by atoms with E-state index in [-0.39, 0.29) is 13.0 Å². The Bertz CT molecular complexity index is 322. The van der Waals surface area contributed by atoms with E-state index in [0.717, 1.165) is 12.1 Å². The van der Waals surface area contributed by atoms with E-state index in [1.165, 1.54) is 0 Å². The molecule has 0 amide bonds. The van der Waals surface area contributed by atoms with Gasteiger partial charge in [-0.3, -0.25) is 4.68 Å². The van der Waals surface area contributed by atoms with Crippen LogP contribution in [0.1, 0.15) is 19.4 Å². The van der Waals surface area contributed by atoms with E-state index in [1.807, 2.05) is 13.1 Å². The molecule has 1 heterocycles. The zero-order valence-corrected chi connectivity index (χ0v) is 9.01. The minimum Gasteiger partial charge on any atom is -0.464 e. The number of carbonyl (C=O) groups is 1. The Hall–Kier alpha value is -1.36. The summed E-state index contributed by atoms with van der Waals surface area (Å²) in [5, 5.41) is 13.5. The number of aliphatic hydroxyl groups excluding tert-OH is 1. The fourth-order valence-corrected chi connectivity index (χ4v) is 1.23. The normalized spacial score (nSPS) is 12.5. The number of aliphatic hydroxyl groups is 1. The van der Waals surface area contributed by atoms with Crippen molar-refractivity contribution in [2.24, 2.45) is 0 Å². The highest BCUT2D eigenvalue weighted by atomic mass is 16.5. The topological polar surface area (TPSA) is 64.3 Å². The second-order valence-electron chi connectivity index (χ2n) is 3.18. The third-order valence-corrected chi connectivity index (χ3v) is 2.00. The van der Waals surface area contributed by atoms with Crippen molar-refractivity contribution >= 4 is 5.97 Å². The van der Waals surface area contributed by atoms with Gasteiger partial charge in [0.25, 0.3) is 0 Å². The minimum absolute atomic E-state index is 0.249. The summed E-state index contributed by atoms with van der Waals surface area (Å²) in [6, 6.07) is 0. The molecule has 5 nitrogen and oxygen atoms in total. The lowest BCUT2D eigenvalue weighted by molar-refractivity contribution is -0.152. The highest BCUT2D eigenvalue weighted by molar-refractivity contribution is 5.74. The number of hydrogen-bond donors (Lipinski definition) is 1. The van der Waals surface area contributed by atoms with E-state index < -0.39 is 12.1 Å². The Kier molecular flexibility index (Phi) is 4.30. The molecule has 1 N–H and O–H groups in total. The Morgan fingerprint density at radius 3 is 2.93 bits per heavy atom. The van der Waals surface area contributed by atoms with E-state index >= 15 is 0 Å². The van der Waals surface area contributed by atoms with Crippen LogP contribution in [-0.4, -0.2) is 33.6 Å². The summed E-state index contributed by atoms with van der Waals surface area (Å²) >= 11 is 0. The van der Waals surface area contributed by atoms with Gasteiger partial charge in [0.1, 0.15) is 0 Å². The molecule has 1 aromatic rings. The molecule has 0 aliphatic heterocycles. The Morgan fingerprint density at radius 2 is 2.40 bits per heavy atom. The highest BCUT2D eigenvalue weighted by Gasteiger charge is 2.17.